The van der Waals surface area contributed by atoms with Crippen LogP contribution in [0.4, 0.5) is 10.5 Å². The van der Waals surface area contributed by atoms with Crippen molar-refractivity contribution in [1.29, 1.82) is 0 Å². The van der Waals surface area contributed by atoms with Crippen molar-refractivity contribution < 1.29 is 19.5 Å². The van der Waals surface area contributed by atoms with Crippen LogP contribution in [-0.4, -0.2) is 33.6 Å². The van der Waals surface area contributed by atoms with E-state index in [1.54, 1.807) is 30.3 Å². The molecule has 2 N–H and O–H groups in total. The largest absolute Gasteiger partial charge is 0.507 e. The Hall–Kier alpha value is -2.58. The molecule has 8 heteroatoms. The summed E-state index contributed by atoms with van der Waals surface area (Å²) >= 11 is 4.03. The van der Waals surface area contributed by atoms with Gasteiger partial charge in [0.15, 0.2) is 0 Å². The van der Waals surface area contributed by atoms with Gasteiger partial charge >= 0.3 is 0 Å². The number of nitrogens with zero attached hydrogens (tertiary/aromatic N) is 1. The zero-order chi connectivity index (χ0) is 19.6. The summed E-state index contributed by atoms with van der Waals surface area (Å²) in [6.07, 6.45) is 1.43. The van der Waals surface area contributed by atoms with E-state index in [0.29, 0.717) is 11.3 Å². The maximum Gasteiger partial charge on any atom is 0.294 e. The van der Waals surface area contributed by atoms with Gasteiger partial charge in [-0.25, -0.2) is 0 Å². The summed E-state index contributed by atoms with van der Waals surface area (Å²) in [4.78, 5) is 37.9. The number of aromatic hydroxyl groups is 1. The summed E-state index contributed by atoms with van der Waals surface area (Å²) in [5.74, 6) is -1.04. The van der Waals surface area contributed by atoms with Crippen molar-refractivity contribution >= 4 is 56.5 Å². The summed E-state index contributed by atoms with van der Waals surface area (Å²) < 4.78 is 0.725. The highest BCUT2D eigenvalue weighted by Gasteiger charge is 2.36. The van der Waals surface area contributed by atoms with E-state index in [0.717, 1.165) is 26.7 Å². The summed E-state index contributed by atoms with van der Waals surface area (Å²) in [6, 6.07) is 12.0. The molecule has 1 aliphatic heterocycles. The van der Waals surface area contributed by atoms with Crippen molar-refractivity contribution in [2.75, 3.05) is 11.9 Å². The summed E-state index contributed by atoms with van der Waals surface area (Å²) in [5.41, 5.74) is 1.98. The quantitative estimate of drug-likeness (QED) is 0.689. The number of anilines is 1. The van der Waals surface area contributed by atoms with E-state index < -0.39 is 17.1 Å². The third-order valence-electron chi connectivity index (χ3n) is 3.75. The van der Waals surface area contributed by atoms with Crippen LogP contribution in [0.15, 0.2) is 51.8 Å². The monoisotopic (exact) mass is 446 g/mol. The van der Waals surface area contributed by atoms with Gasteiger partial charge in [-0.2, -0.15) is 0 Å². The van der Waals surface area contributed by atoms with Crippen molar-refractivity contribution in [3.8, 4) is 5.75 Å². The Morgan fingerprint density at radius 3 is 2.78 bits per heavy atom. The van der Waals surface area contributed by atoms with E-state index in [2.05, 4.69) is 21.2 Å². The van der Waals surface area contributed by atoms with E-state index in [1.807, 2.05) is 13.0 Å². The highest BCUT2D eigenvalue weighted by Crippen LogP contribution is 2.34. The number of carbonyl (C=O) groups excluding carboxylic acids is 3. The molecular weight excluding hydrogens is 432 g/mol. The zero-order valence-electron chi connectivity index (χ0n) is 14.2. The minimum Gasteiger partial charge on any atom is -0.507 e. The number of imide groups is 1. The average Bonchev–Trinajstić information content (AvgIpc) is 2.85. The van der Waals surface area contributed by atoms with E-state index >= 15 is 0 Å². The molecule has 0 aliphatic carbocycles. The van der Waals surface area contributed by atoms with Crippen LogP contribution in [0.5, 0.6) is 5.75 Å². The lowest BCUT2D eigenvalue weighted by Gasteiger charge is -2.12. The van der Waals surface area contributed by atoms with Crippen molar-refractivity contribution in [2.45, 2.75) is 6.92 Å². The smallest absolute Gasteiger partial charge is 0.294 e. The first-order valence-electron chi connectivity index (χ1n) is 7.94. The topological polar surface area (TPSA) is 86.7 Å². The number of phenols is 1. The molecule has 1 saturated heterocycles. The molecule has 0 saturated carbocycles. The fourth-order valence-corrected chi connectivity index (χ4v) is 3.69. The fraction of sp³-hybridized carbons (Fsp3) is 0.105. The first-order chi connectivity index (χ1) is 12.8. The summed E-state index contributed by atoms with van der Waals surface area (Å²) in [6.45, 7) is 1.52. The minimum absolute atomic E-state index is 0.0119. The lowest BCUT2D eigenvalue weighted by Crippen LogP contribution is -2.36. The van der Waals surface area contributed by atoms with Gasteiger partial charge in [-0.3, -0.25) is 19.3 Å². The normalized spacial score (nSPS) is 15.5. The van der Waals surface area contributed by atoms with Gasteiger partial charge in [-0.1, -0.05) is 28.1 Å². The SMILES string of the molecule is Cc1cccc(NC(=O)CN2C(=O)S/C(=C\c3cc(Br)ccc3O)C2=O)c1. The molecule has 0 unspecified atom stereocenters. The highest BCUT2D eigenvalue weighted by atomic mass is 79.9. The highest BCUT2D eigenvalue weighted by molar-refractivity contribution is 9.10. The Bertz CT molecular complexity index is 974. The van der Waals surface area contributed by atoms with Crippen LogP contribution >= 0.6 is 27.7 Å². The van der Waals surface area contributed by atoms with Gasteiger partial charge in [0, 0.05) is 15.7 Å². The Kier molecular flexibility index (Phi) is 5.67. The zero-order valence-corrected chi connectivity index (χ0v) is 16.6. The molecule has 0 bridgehead atoms. The van der Waals surface area contributed by atoms with Gasteiger partial charge in [0.2, 0.25) is 5.91 Å². The molecule has 0 aromatic heterocycles. The van der Waals surface area contributed by atoms with Crippen LogP contribution in [0, 0.1) is 6.92 Å². The predicted molar refractivity (Wildman–Crippen MR) is 108 cm³/mol. The summed E-state index contributed by atoms with van der Waals surface area (Å²) in [5, 5.41) is 12.0. The third-order valence-corrected chi connectivity index (χ3v) is 5.15. The molecule has 0 spiro atoms. The molecule has 1 aliphatic rings. The first kappa shape index (κ1) is 19.2. The van der Waals surface area contributed by atoms with Crippen LogP contribution in [0.2, 0.25) is 0 Å². The van der Waals surface area contributed by atoms with E-state index in [1.165, 1.54) is 12.1 Å². The van der Waals surface area contributed by atoms with Gasteiger partial charge in [-0.05, 0) is 60.7 Å². The van der Waals surface area contributed by atoms with Gasteiger partial charge < -0.3 is 10.4 Å². The maximum absolute atomic E-state index is 12.5. The van der Waals surface area contributed by atoms with Crippen molar-refractivity contribution in [1.82, 2.24) is 4.90 Å². The third kappa shape index (κ3) is 4.58. The number of thioether (sulfide) groups is 1. The number of hydrogen-bond donors (Lipinski definition) is 2. The Morgan fingerprint density at radius 2 is 2.04 bits per heavy atom. The second-order valence-electron chi connectivity index (χ2n) is 5.89. The number of aryl methyl sites for hydroxylation is 1. The molecule has 0 radical (unpaired) electrons. The van der Waals surface area contributed by atoms with Gasteiger partial charge in [0.25, 0.3) is 11.1 Å². The molecule has 1 heterocycles. The Labute approximate surface area is 168 Å². The number of amides is 3. The maximum atomic E-state index is 12.5. The molecular formula is C19H15BrN2O4S. The minimum atomic E-state index is -0.566. The van der Waals surface area contributed by atoms with E-state index in [9.17, 15) is 19.5 Å². The number of rotatable bonds is 4. The Morgan fingerprint density at radius 1 is 1.26 bits per heavy atom. The second-order valence-corrected chi connectivity index (χ2v) is 7.80. The second kappa shape index (κ2) is 7.98. The van der Waals surface area contributed by atoms with Crippen molar-refractivity contribution in [2.24, 2.45) is 0 Å². The molecule has 1 fully saturated rings. The van der Waals surface area contributed by atoms with E-state index in [-0.39, 0.29) is 17.2 Å². The van der Waals surface area contributed by atoms with Crippen LogP contribution in [0.25, 0.3) is 6.08 Å². The molecule has 6 nitrogen and oxygen atoms in total. The van der Waals surface area contributed by atoms with Gasteiger partial charge in [0.1, 0.15) is 12.3 Å². The molecule has 138 valence electrons. The number of carbonyl (C=O) groups is 3. The molecule has 27 heavy (non-hydrogen) atoms. The Balaban J connectivity index is 1.73. The molecule has 3 rings (SSSR count). The number of hydrogen-bond acceptors (Lipinski definition) is 5. The van der Waals surface area contributed by atoms with E-state index in [4.69, 9.17) is 0 Å². The molecule has 2 aromatic rings. The first-order valence-corrected chi connectivity index (χ1v) is 9.55. The van der Waals surface area contributed by atoms with Gasteiger partial charge in [-0.15, -0.1) is 0 Å². The van der Waals surface area contributed by atoms with Crippen LogP contribution < -0.4 is 5.32 Å². The van der Waals surface area contributed by atoms with Crippen molar-refractivity contribution in [3.05, 3.63) is 63.0 Å². The molecule has 3 amide bonds. The van der Waals surface area contributed by atoms with Crippen LogP contribution in [0.3, 0.4) is 0 Å². The predicted octanol–water partition coefficient (Wildman–Crippen LogP) is 4.14. The average molecular weight is 447 g/mol. The standard InChI is InChI=1S/C19H15BrN2O4S/c1-11-3-2-4-14(7-11)21-17(24)10-22-18(25)16(27-19(22)26)9-12-8-13(20)5-6-15(12)23/h2-9,23H,10H2,1H3,(H,21,24)/b16-9-. The van der Waals surface area contributed by atoms with Crippen LogP contribution in [-0.2, 0) is 9.59 Å². The fourth-order valence-electron chi connectivity index (χ4n) is 2.49. The summed E-state index contributed by atoms with van der Waals surface area (Å²) in [7, 11) is 0. The number of halogens is 1. The van der Waals surface area contributed by atoms with Crippen LogP contribution in [0.1, 0.15) is 11.1 Å². The lowest BCUT2D eigenvalue weighted by atomic mass is 10.2. The lowest BCUT2D eigenvalue weighted by molar-refractivity contribution is -0.127. The number of phenolic OH excluding ortho intramolecular Hbond substituents is 1. The number of benzene rings is 2. The molecule has 2 aromatic carbocycles. The van der Waals surface area contributed by atoms with Gasteiger partial charge in [0.05, 0.1) is 4.91 Å². The molecule has 0 atom stereocenters. The van der Waals surface area contributed by atoms with Crippen molar-refractivity contribution in [3.63, 3.8) is 0 Å². The number of nitrogens with one attached hydrogen (secondary N) is 1.